The second-order valence-corrected chi connectivity index (χ2v) is 4.39. The number of aromatic nitrogens is 2. The van der Waals surface area contributed by atoms with Crippen LogP contribution in [0.4, 0.5) is 0 Å². The Bertz CT molecular complexity index is 552. The maximum Gasteiger partial charge on any atom is 0.265 e. The van der Waals surface area contributed by atoms with Gasteiger partial charge < -0.3 is 8.98 Å². The summed E-state index contributed by atoms with van der Waals surface area (Å²) in [4.78, 5) is 15.9. The summed E-state index contributed by atoms with van der Waals surface area (Å²) in [5.74, 6) is 1.34. The second kappa shape index (κ2) is 4.25. The lowest BCUT2D eigenvalue weighted by Gasteiger charge is -2.01. The first-order valence-corrected chi connectivity index (χ1v) is 5.65. The molecular formula is C11H11BrN2O2. The molecule has 2 rings (SSSR count). The van der Waals surface area contributed by atoms with Crippen LogP contribution < -0.4 is 5.56 Å². The van der Waals surface area contributed by atoms with Gasteiger partial charge in [0.05, 0.1) is 10.2 Å². The predicted molar refractivity (Wildman–Crippen MR) is 63.5 cm³/mol. The van der Waals surface area contributed by atoms with Gasteiger partial charge in [0.25, 0.3) is 5.56 Å². The topological polar surface area (TPSA) is 48.0 Å². The molecule has 0 amide bonds. The van der Waals surface area contributed by atoms with Gasteiger partial charge in [-0.15, -0.1) is 0 Å². The summed E-state index contributed by atoms with van der Waals surface area (Å²) in [6, 6.07) is 3.51. The third-order valence-corrected chi connectivity index (χ3v) is 2.96. The van der Waals surface area contributed by atoms with E-state index in [0.717, 1.165) is 11.5 Å². The molecule has 0 saturated heterocycles. The first-order chi connectivity index (χ1) is 7.58. The normalized spacial score (nSPS) is 10.7. The number of hydrogen-bond donors (Lipinski definition) is 0. The fraction of sp³-hybridized carbons (Fsp3) is 0.273. The highest BCUT2D eigenvalue weighted by Crippen LogP contribution is 2.09. The zero-order valence-electron chi connectivity index (χ0n) is 9.03. The largest absolute Gasteiger partial charge is 0.444 e. The van der Waals surface area contributed by atoms with Gasteiger partial charge in [-0.25, -0.2) is 4.98 Å². The van der Waals surface area contributed by atoms with Crippen molar-refractivity contribution in [3.63, 3.8) is 0 Å². The van der Waals surface area contributed by atoms with E-state index in [1.165, 1.54) is 0 Å². The van der Waals surface area contributed by atoms with E-state index < -0.39 is 0 Å². The summed E-state index contributed by atoms with van der Waals surface area (Å²) in [5.41, 5.74) is 0.772. The minimum Gasteiger partial charge on any atom is -0.444 e. The van der Waals surface area contributed by atoms with E-state index in [-0.39, 0.29) is 5.56 Å². The van der Waals surface area contributed by atoms with Crippen LogP contribution in [-0.4, -0.2) is 9.55 Å². The molecule has 0 spiro atoms. The van der Waals surface area contributed by atoms with Crippen LogP contribution in [0.3, 0.4) is 0 Å². The van der Waals surface area contributed by atoms with Gasteiger partial charge in [-0.2, -0.15) is 0 Å². The summed E-state index contributed by atoms with van der Waals surface area (Å²) in [5, 5.41) is 0. The van der Waals surface area contributed by atoms with Crippen LogP contribution in [0.1, 0.15) is 17.3 Å². The van der Waals surface area contributed by atoms with Crippen molar-refractivity contribution in [3.05, 3.63) is 50.5 Å². The first kappa shape index (κ1) is 11.1. The molecule has 0 aromatic carbocycles. The standard InChI is InChI=1S/C11H11BrN2O2/c1-7-8(2)16-10(13-7)6-14-5-3-4-9(12)11(14)15/h3-5H,6H2,1-2H3. The molecule has 0 radical (unpaired) electrons. The summed E-state index contributed by atoms with van der Waals surface area (Å²) >= 11 is 3.19. The third kappa shape index (κ3) is 2.09. The SMILES string of the molecule is Cc1nc(Cn2cccc(Br)c2=O)oc1C. The monoisotopic (exact) mass is 282 g/mol. The molecule has 0 fully saturated rings. The van der Waals surface area contributed by atoms with Crippen molar-refractivity contribution in [1.82, 2.24) is 9.55 Å². The molecule has 0 saturated carbocycles. The number of rotatable bonds is 2. The zero-order valence-corrected chi connectivity index (χ0v) is 10.6. The van der Waals surface area contributed by atoms with Crippen LogP contribution in [0.5, 0.6) is 0 Å². The van der Waals surface area contributed by atoms with Gasteiger partial charge in [0.15, 0.2) is 0 Å². The van der Waals surface area contributed by atoms with Crippen molar-refractivity contribution in [2.75, 3.05) is 0 Å². The van der Waals surface area contributed by atoms with Gasteiger partial charge in [-0.1, -0.05) is 0 Å². The van der Waals surface area contributed by atoms with E-state index >= 15 is 0 Å². The van der Waals surface area contributed by atoms with Crippen molar-refractivity contribution >= 4 is 15.9 Å². The number of nitrogens with zero attached hydrogens (tertiary/aromatic N) is 2. The molecule has 5 heteroatoms. The van der Waals surface area contributed by atoms with Crippen LogP contribution in [0.25, 0.3) is 0 Å². The molecule has 2 aromatic heterocycles. The van der Waals surface area contributed by atoms with Gasteiger partial charge in [0.1, 0.15) is 12.3 Å². The molecule has 0 N–H and O–H groups in total. The molecular weight excluding hydrogens is 272 g/mol. The van der Waals surface area contributed by atoms with Crippen LogP contribution >= 0.6 is 15.9 Å². The summed E-state index contributed by atoms with van der Waals surface area (Å²) in [6.07, 6.45) is 1.71. The average molecular weight is 283 g/mol. The highest BCUT2D eigenvalue weighted by atomic mass is 79.9. The molecule has 0 aliphatic heterocycles. The van der Waals surface area contributed by atoms with E-state index in [1.807, 2.05) is 13.8 Å². The Morgan fingerprint density at radius 2 is 2.25 bits per heavy atom. The Balaban J connectivity index is 2.34. The van der Waals surface area contributed by atoms with E-state index in [2.05, 4.69) is 20.9 Å². The molecule has 2 heterocycles. The number of aryl methyl sites for hydroxylation is 2. The van der Waals surface area contributed by atoms with Gasteiger partial charge in [0.2, 0.25) is 5.89 Å². The number of oxazole rings is 1. The highest BCUT2D eigenvalue weighted by Gasteiger charge is 2.07. The van der Waals surface area contributed by atoms with Crippen LogP contribution in [-0.2, 0) is 6.54 Å². The van der Waals surface area contributed by atoms with Crippen molar-refractivity contribution < 1.29 is 4.42 Å². The Kier molecular flexibility index (Phi) is 2.96. The van der Waals surface area contributed by atoms with Crippen molar-refractivity contribution in [1.29, 1.82) is 0 Å². The highest BCUT2D eigenvalue weighted by molar-refractivity contribution is 9.10. The summed E-state index contributed by atoms with van der Waals surface area (Å²) < 4.78 is 7.51. The van der Waals surface area contributed by atoms with Gasteiger partial charge in [-0.3, -0.25) is 4.79 Å². The molecule has 0 atom stereocenters. The Labute approximate surface area is 101 Å². The Morgan fingerprint density at radius 3 is 2.88 bits per heavy atom. The molecule has 84 valence electrons. The fourth-order valence-corrected chi connectivity index (χ4v) is 1.76. The van der Waals surface area contributed by atoms with Crippen molar-refractivity contribution in [3.8, 4) is 0 Å². The lowest BCUT2D eigenvalue weighted by atomic mass is 10.4. The molecule has 16 heavy (non-hydrogen) atoms. The van der Waals surface area contributed by atoms with Crippen molar-refractivity contribution in [2.24, 2.45) is 0 Å². The van der Waals surface area contributed by atoms with Crippen molar-refractivity contribution in [2.45, 2.75) is 20.4 Å². The van der Waals surface area contributed by atoms with E-state index in [1.54, 1.807) is 22.9 Å². The van der Waals surface area contributed by atoms with E-state index in [9.17, 15) is 4.79 Å². The van der Waals surface area contributed by atoms with Crippen LogP contribution in [0.15, 0.2) is 32.0 Å². The van der Waals surface area contributed by atoms with Gasteiger partial charge in [-0.05, 0) is 41.9 Å². The lowest BCUT2D eigenvalue weighted by molar-refractivity contribution is 0.453. The first-order valence-electron chi connectivity index (χ1n) is 4.86. The van der Waals surface area contributed by atoms with Crippen LogP contribution in [0.2, 0.25) is 0 Å². The lowest BCUT2D eigenvalue weighted by Crippen LogP contribution is -2.20. The summed E-state index contributed by atoms with van der Waals surface area (Å²) in [6.45, 7) is 4.09. The molecule has 0 bridgehead atoms. The Morgan fingerprint density at radius 1 is 1.50 bits per heavy atom. The quantitative estimate of drug-likeness (QED) is 0.849. The van der Waals surface area contributed by atoms with E-state index in [4.69, 9.17) is 4.42 Å². The molecule has 0 aliphatic carbocycles. The minimum absolute atomic E-state index is 0.0870. The summed E-state index contributed by atoms with van der Waals surface area (Å²) in [7, 11) is 0. The predicted octanol–water partition coefficient (Wildman–Crippen LogP) is 2.26. The van der Waals surface area contributed by atoms with Gasteiger partial charge >= 0.3 is 0 Å². The number of pyridine rings is 1. The maximum absolute atomic E-state index is 11.7. The van der Waals surface area contributed by atoms with Crippen LogP contribution in [0, 0.1) is 13.8 Å². The fourth-order valence-electron chi connectivity index (χ4n) is 1.38. The zero-order chi connectivity index (χ0) is 11.7. The molecule has 0 unspecified atom stereocenters. The number of halogens is 1. The molecule has 2 aromatic rings. The second-order valence-electron chi connectivity index (χ2n) is 3.54. The smallest absolute Gasteiger partial charge is 0.265 e. The molecule has 4 nitrogen and oxygen atoms in total. The number of hydrogen-bond acceptors (Lipinski definition) is 3. The van der Waals surface area contributed by atoms with Gasteiger partial charge in [0, 0.05) is 6.20 Å². The molecule has 0 aliphatic rings. The minimum atomic E-state index is -0.0870. The third-order valence-electron chi connectivity index (χ3n) is 2.35. The maximum atomic E-state index is 11.7. The Hall–Kier alpha value is -1.36. The van der Waals surface area contributed by atoms with E-state index in [0.29, 0.717) is 16.9 Å². The average Bonchev–Trinajstić information content (AvgIpc) is 2.54.